The van der Waals surface area contributed by atoms with Crippen molar-refractivity contribution in [3.8, 4) is 5.75 Å². The zero-order valence-corrected chi connectivity index (χ0v) is 12.5. The van der Waals surface area contributed by atoms with E-state index in [9.17, 15) is 5.11 Å². The monoisotopic (exact) mass is 303 g/mol. The molecular formula is C17H18ClNO2. The molecule has 0 radical (unpaired) electrons. The van der Waals surface area contributed by atoms with E-state index >= 15 is 0 Å². The van der Waals surface area contributed by atoms with E-state index in [4.69, 9.17) is 16.3 Å². The molecule has 2 aromatic rings. The first-order valence-corrected chi connectivity index (χ1v) is 7.42. The van der Waals surface area contributed by atoms with E-state index < -0.39 is 17.1 Å². The van der Waals surface area contributed by atoms with Gasteiger partial charge in [-0.2, -0.15) is 0 Å². The quantitative estimate of drug-likeness (QED) is 0.853. The fourth-order valence-corrected chi connectivity index (χ4v) is 3.31. The van der Waals surface area contributed by atoms with Gasteiger partial charge in [0.15, 0.2) is 6.10 Å². The van der Waals surface area contributed by atoms with Gasteiger partial charge in [0.1, 0.15) is 11.4 Å². The van der Waals surface area contributed by atoms with E-state index in [2.05, 4.69) is 5.32 Å². The number of rotatable bonds is 4. The minimum atomic E-state index is -1.18. The Balaban J connectivity index is 2.01. The number of halogens is 1. The molecule has 0 saturated carbocycles. The molecule has 3 atom stereocenters. The summed E-state index contributed by atoms with van der Waals surface area (Å²) >= 11 is 6.52. The largest absolute Gasteiger partial charge is 0.483 e. The minimum absolute atomic E-state index is 0.355. The van der Waals surface area contributed by atoms with Crippen LogP contribution in [0.3, 0.4) is 0 Å². The van der Waals surface area contributed by atoms with Gasteiger partial charge in [0.2, 0.25) is 0 Å². The highest BCUT2D eigenvalue weighted by Gasteiger charge is 2.53. The molecule has 0 aliphatic heterocycles. The normalized spacial score (nSPS) is 27.4. The predicted octanol–water partition coefficient (Wildman–Crippen LogP) is 3.05. The van der Waals surface area contributed by atoms with Crippen LogP contribution in [0.5, 0.6) is 5.75 Å². The van der Waals surface area contributed by atoms with Gasteiger partial charge in [0.25, 0.3) is 0 Å². The lowest BCUT2D eigenvalue weighted by molar-refractivity contribution is -0.0518. The number of nitrogens with one attached hydrogen (secondary N) is 1. The van der Waals surface area contributed by atoms with Crippen molar-refractivity contribution in [2.75, 3.05) is 13.6 Å². The van der Waals surface area contributed by atoms with Crippen LogP contribution in [-0.4, -0.2) is 24.3 Å². The molecule has 0 heterocycles. The summed E-state index contributed by atoms with van der Waals surface area (Å²) in [6.45, 7) is 0.355. The summed E-state index contributed by atoms with van der Waals surface area (Å²) < 4.78 is 6.07. The van der Waals surface area contributed by atoms with Crippen LogP contribution in [-0.2, 0) is 0 Å². The highest BCUT2D eigenvalue weighted by atomic mass is 35.5. The SMILES string of the molecule is CNCC1(O)C(Cl)c2ccccc2C1Oc1ccccc1. The predicted molar refractivity (Wildman–Crippen MR) is 83.7 cm³/mol. The Kier molecular flexibility index (Phi) is 3.89. The van der Waals surface area contributed by atoms with Crippen molar-refractivity contribution in [2.24, 2.45) is 0 Å². The Labute approximate surface area is 129 Å². The molecule has 0 bridgehead atoms. The third-order valence-corrected chi connectivity index (χ3v) is 4.51. The third-order valence-electron chi connectivity index (χ3n) is 3.90. The van der Waals surface area contributed by atoms with Gasteiger partial charge in [-0.15, -0.1) is 11.6 Å². The van der Waals surface area contributed by atoms with Crippen molar-refractivity contribution in [3.63, 3.8) is 0 Å². The molecule has 1 aliphatic rings. The molecule has 1 aliphatic carbocycles. The topological polar surface area (TPSA) is 41.5 Å². The maximum atomic E-state index is 11.1. The van der Waals surface area contributed by atoms with Gasteiger partial charge >= 0.3 is 0 Å². The number of benzene rings is 2. The molecule has 4 heteroatoms. The summed E-state index contributed by atoms with van der Waals surface area (Å²) in [6, 6.07) is 17.3. The van der Waals surface area contributed by atoms with Gasteiger partial charge < -0.3 is 15.2 Å². The Bertz CT molecular complexity index is 619. The first kappa shape index (κ1) is 14.4. The van der Waals surface area contributed by atoms with Crippen molar-refractivity contribution in [2.45, 2.75) is 17.1 Å². The number of alkyl halides is 1. The number of hydrogen-bond donors (Lipinski definition) is 2. The Morgan fingerprint density at radius 3 is 2.38 bits per heavy atom. The number of hydrogen-bond acceptors (Lipinski definition) is 3. The minimum Gasteiger partial charge on any atom is -0.483 e. The van der Waals surface area contributed by atoms with Crippen LogP contribution >= 0.6 is 11.6 Å². The zero-order valence-electron chi connectivity index (χ0n) is 11.8. The molecule has 2 N–H and O–H groups in total. The maximum Gasteiger partial charge on any atom is 0.156 e. The van der Waals surface area contributed by atoms with Crippen molar-refractivity contribution < 1.29 is 9.84 Å². The van der Waals surface area contributed by atoms with Gasteiger partial charge in [-0.05, 0) is 24.7 Å². The molecule has 0 spiro atoms. The Morgan fingerprint density at radius 2 is 1.71 bits per heavy atom. The van der Waals surface area contributed by atoms with Crippen LogP contribution in [0.1, 0.15) is 22.6 Å². The number of likely N-dealkylation sites (N-methyl/N-ethyl adjacent to an activating group) is 1. The number of para-hydroxylation sites is 1. The molecule has 0 fully saturated rings. The van der Waals surface area contributed by atoms with Crippen LogP contribution in [0, 0.1) is 0 Å². The van der Waals surface area contributed by atoms with Crippen LogP contribution in [0.25, 0.3) is 0 Å². The van der Waals surface area contributed by atoms with E-state index in [1.54, 1.807) is 7.05 Å². The van der Waals surface area contributed by atoms with Crippen molar-refractivity contribution >= 4 is 11.6 Å². The average molecular weight is 304 g/mol. The molecular weight excluding hydrogens is 286 g/mol. The first-order valence-electron chi connectivity index (χ1n) is 6.98. The standard InChI is InChI=1S/C17H18ClNO2/c1-19-11-17(20)15(18)13-9-5-6-10-14(13)16(17)21-12-7-3-2-4-8-12/h2-10,15-16,19-20H,11H2,1H3. The lowest BCUT2D eigenvalue weighted by Crippen LogP contribution is -2.46. The number of aliphatic hydroxyl groups is 1. The Morgan fingerprint density at radius 1 is 1.10 bits per heavy atom. The fraction of sp³-hybridized carbons (Fsp3) is 0.294. The van der Waals surface area contributed by atoms with Gasteiger partial charge in [0.05, 0.1) is 5.38 Å². The van der Waals surface area contributed by atoms with Crippen LogP contribution < -0.4 is 10.1 Å². The van der Waals surface area contributed by atoms with Crippen LogP contribution in [0.2, 0.25) is 0 Å². The van der Waals surface area contributed by atoms with Gasteiger partial charge in [-0.3, -0.25) is 0 Å². The first-order chi connectivity index (χ1) is 10.2. The molecule has 3 rings (SSSR count). The Hall–Kier alpha value is -1.55. The fourth-order valence-electron chi connectivity index (χ4n) is 2.92. The van der Waals surface area contributed by atoms with E-state index in [1.807, 2.05) is 54.6 Å². The van der Waals surface area contributed by atoms with Crippen molar-refractivity contribution in [3.05, 3.63) is 65.7 Å². The number of ether oxygens (including phenoxy) is 1. The maximum absolute atomic E-state index is 11.1. The van der Waals surface area contributed by atoms with E-state index in [0.717, 1.165) is 16.9 Å². The molecule has 0 aromatic heterocycles. The van der Waals surface area contributed by atoms with Crippen LogP contribution in [0.15, 0.2) is 54.6 Å². The summed E-state index contributed by atoms with van der Waals surface area (Å²) in [4.78, 5) is 0. The second-order valence-corrected chi connectivity index (χ2v) is 5.76. The summed E-state index contributed by atoms with van der Waals surface area (Å²) in [7, 11) is 1.80. The second-order valence-electron chi connectivity index (χ2n) is 5.32. The van der Waals surface area contributed by atoms with Gasteiger partial charge in [-0.25, -0.2) is 0 Å². The van der Waals surface area contributed by atoms with E-state index in [-0.39, 0.29) is 0 Å². The summed E-state index contributed by atoms with van der Waals surface area (Å²) in [5.74, 6) is 0.720. The van der Waals surface area contributed by atoms with Crippen molar-refractivity contribution in [1.29, 1.82) is 0 Å². The molecule has 110 valence electrons. The average Bonchev–Trinajstić information content (AvgIpc) is 2.72. The summed E-state index contributed by atoms with van der Waals surface area (Å²) in [6.07, 6.45) is -0.494. The number of fused-ring (bicyclic) bond motifs is 1. The molecule has 2 aromatic carbocycles. The van der Waals surface area contributed by atoms with E-state index in [1.165, 1.54) is 0 Å². The molecule has 0 saturated heterocycles. The third kappa shape index (κ3) is 2.42. The highest BCUT2D eigenvalue weighted by molar-refractivity contribution is 6.22. The lowest BCUT2D eigenvalue weighted by Gasteiger charge is -2.33. The molecule has 3 nitrogen and oxygen atoms in total. The molecule has 21 heavy (non-hydrogen) atoms. The van der Waals surface area contributed by atoms with Crippen LogP contribution in [0.4, 0.5) is 0 Å². The highest BCUT2D eigenvalue weighted by Crippen LogP contribution is 2.51. The van der Waals surface area contributed by atoms with E-state index in [0.29, 0.717) is 6.54 Å². The zero-order chi connectivity index (χ0) is 14.9. The second kappa shape index (κ2) is 5.68. The smallest absolute Gasteiger partial charge is 0.156 e. The van der Waals surface area contributed by atoms with Gasteiger partial charge in [-0.1, -0.05) is 42.5 Å². The summed E-state index contributed by atoms with van der Waals surface area (Å²) in [5, 5.41) is 13.6. The molecule has 3 unspecified atom stereocenters. The molecule has 0 amide bonds. The summed E-state index contributed by atoms with van der Waals surface area (Å²) in [5.41, 5.74) is 0.687. The lowest BCUT2D eigenvalue weighted by atomic mass is 9.97. The van der Waals surface area contributed by atoms with Gasteiger partial charge in [0, 0.05) is 12.1 Å². The van der Waals surface area contributed by atoms with Crippen molar-refractivity contribution in [1.82, 2.24) is 5.32 Å².